The van der Waals surface area contributed by atoms with E-state index in [0.717, 1.165) is 0 Å². The fourth-order valence-electron chi connectivity index (χ4n) is 6.06. The van der Waals surface area contributed by atoms with Crippen LogP contribution in [-0.4, -0.2) is 93.5 Å². The monoisotopic (exact) mass is 617 g/mol. The minimum Gasteiger partial charge on any atom is -0.414 e. The number of ether oxygens (including phenoxy) is 2. The SMILES string of the molecule is CC(C)[Si]1(C(C)C)OC[C@@H]2O[C@@H](n3cnc4c(/N=C/N(C)C)ncnc43)[C@@H](OCCC#N)C2O[Si](C(C)C)(C(C)C)O1. The molecule has 4 rings (SSSR count). The molecule has 2 aliphatic rings. The zero-order valence-electron chi connectivity index (χ0n) is 26.6. The molecule has 42 heavy (non-hydrogen) atoms. The molecule has 12 nitrogen and oxygen atoms in total. The Labute approximate surface area is 251 Å². The van der Waals surface area contributed by atoms with Gasteiger partial charge in [0.05, 0.1) is 38.4 Å². The van der Waals surface area contributed by atoms with E-state index in [1.54, 1.807) is 12.7 Å². The van der Waals surface area contributed by atoms with Crippen LogP contribution >= 0.6 is 0 Å². The molecule has 1 unspecified atom stereocenters. The summed E-state index contributed by atoms with van der Waals surface area (Å²) in [4.78, 5) is 19.8. The Morgan fingerprint density at radius 2 is 1.74 bits per heavy atom. The number of nitriles is 1. The van der Waals surface area contributed by atoms with E-state index in [1.165, 1.54) is 6.33 Å². The first-order valence-corrected chi connectivity index (χ1v) is 18.9. The molecule has 0 bridgehead atoms. The molecule has 0 aromatic carbocycles. The molecule has 4 atom stereocenters. The third kappa shape index (κ3) is 6.05. The lowest BCUT2D eigenvalue weighted by molar-refractivity contribution is -0.0682. The lowest BCUT2D eigenvalue weighted by atomic mass is 10.1. The predicted octanol–water partition coefficient (Wildman–Crippen LogP) is 5.20. The minimum atomic E-state index is -2.92. The van der Waals surface area contributed by atoms with Crippen LogP contribution in [-0.2, 0) is 22.4 Å². The van der Waals surface area contributed by atoms with Gasteiger partial charge in [-0.2, -0.15) is 5.26 Å². The summed E-state index contributed by atoms with van der Waals surface area (Å²) in [6.45, 7) is 18.1. The summed E-state index contributed by atoms with van der Waals surface area (Å²) in [5, 5.41) is 9.29. The summed E-state index contributed by atoms with van der Waals surface area (Å²) in [5.41, 5.74) is 1.88. The molecule has 2 saturated heterocycles. The van der Waals surface area contributed by atoms with Crippen molar-refractivity contribution >= 4 is 40.4 Å². The first-order valence-electron chi connectivity index (χ1n) is 14.9. The average Bonchev–Trinajstić information content (AvgIpc) is 3.48. The number of hydrogen-bond acceptors (Lipinski definition) is 10. The first kappa shape index (κ1) is 32.7. The highest BCUT2D eigenvalue weighted by atomic mass is 28.5. The number of rotatable bonds is 10. The highest BCUT2D eigenvalue weighted by Crippen LogP contribution is 2.49. The van der Waals surface area contributed by atoms with Crippen LogP contribution in [0.3, 0.4) is 0 Å². The van der Waals surface area contributed by atoms with Crippen LogP contribution in [0.15, 0.2) is 17.6 Å². The maximum Gasteiger partial charge on any atom is 0.335 e. The molecule has 0 N–H and O–H groups in total. The molecule has 2 aromatic rings. The van der Waals surface area contributed by atoms with Gasteiger partial charge in [0, 0.05) is 14.1 Å². The third-order valence-corrected chi connectivity index (χ3v) is 18.4. The van der Waals surface area contributed by atoms with Crippen LogP contribution in [0.5, 0.6) is 0 Å². The molecular formula is C28H47N7O5Si2. The smallest absolute Gasteiger partial charge is 0.335 e. The van der Waals surface area contributed by atoms with E-state index in [1.807, 2.05) is 23.6 Å². The largest absolute Gasteiger partial charge is 0.414 e. The van der Waals surface area contributed by atoms with E-state index in [9.17, 15) is 5.26 Å². The Balaban J connectivity index is 1.82. The van der Waals surface area contributed by atoms with Crippen molar-refractivity contribution in [2.24, 2.45) is 4.99 Å². The summed E-state index contributed by atoms with van der Waals surface area (Å²) < 4.78 is 36.7. The summed E-state index contributed by atoms with van der Waals surface area (Å²) >= 11 is 0. The molecule has 2 aliphatic heterocycles. The van der Waals surface area contributed by atoms with Crippen LogP contribution < -0.4 is 0 Å². The van der Waals surface area contributed by atoms with Crippen molar-refractivity contribution in [2.45, 2.75) is 109 Å². The van der Waals surface area contributed by atoms with Crippen molar-refractivity contribution < 1.29 is 22.4 Å². The molecule has 232 valence electrons. The maximum absolute atomic E-state index is 9.29. The summed E-state index contributed by atoms with van der Waals surface area (Å²) in [6.07, 6.45) is 3.03. The highest BCUT2D eigenvalue weighted by molar-refractivity contribution is 6.84. The molecule has 0 radical (unpaired) electrons. The van der Waals surface area contributed by atoms with Crippen LogP contribution in [0, 0.1) is 11.3 Å². The summed E-state index contributed by atoms with van der Waals surface area (Å²) in [6, 6.07) is 2.18. The number of fused-ring (bicyclic) bond motifs is 2. The van der Waals surface area contributed by atoms with Crippen molar-refractivity contribution in [2.75, 3.05) is 27.3 Å². The van der Waals surface area contributed by atoms with E-state index in [4.69, 9.17) is 22.4 Å². The Bertz CT molecular complexity index is 1260. The maximum atomic E-state index is 9.29. The molecule has 0 amide bonds. The van der Waals surface area contributed by atoms with E-state index < -0.39 is 41.7 Å². The molecule has 0 saturated carbocycles. The average molecular weight is 618 g/mol. The van der Waals surface area contributed by atoms with Crippen LogP contribution in [0.1, 0.15) is 68.0 Å². The Kier molecular flexibility index (Phi) is 10.2. The van der Waals surface area contributed by atoms with E-state index in [0.29, 0.717) is 23.6 Å². The zero-order valence-corrected chi connectivity index (χ0v) is 28.6. The summed E-state index contributed by atoms with van der Waals surface area (Å²) in [7, 11) is -1.87. The fraction of sp³-hybridized carbons (Fsp3) is 0.750. The topological polar surface area (TPSA) is 129 Å². The minimum absolute atomic E-state index is 0.155. The Morgan fingerprint density at radius 3 is 2.33 bits per heavy atom. The predicted molar refractivity (Wildman–Crippen MR) is 165 cm³/mol. The molecule has 0 aliphatic carbocycles. The van der Waals surface area contributed by atoms with Gasteiger partial charge in [0.2, 0.25) is 0 Å². The number of aliphatic imine (C=N–C) groups is 1. The zero-order chi connectivity index (χ0) is 30.8. The van der Waals surface area contributed by atoms with Crippen molar-refractivity contribution in [1.29, 1.82) is 5.26 Å². The molecule has 2 fully saturated rings. The van der Waals surface area contributed by atoms with Crippen molar-refractivity contribution in [3.63, 3.8) is 0 Å². The lowest BCUT2D eigenvalue weighted by Gasteiger charge is -2.51. The van der Waals surface area contributed by atoms with Crippen LogP contribution in [0.2, 0.25) is 22.2 Å². The molecule has 0 spiro atoms. The normalized spacial score (nSPS) is 25.8. The standard InChI is InChI=1S/C28H47N7O5Si2/c1-18(2)41(19(3)4)37-14-22-24(39-42(40-41,20(5)6)21(7)8)25(36-13-11-12-29)28(38-22)35-17-32-23-26(33-16-34(9)10)30-15-31-27(23)35/h15-22,24-25,28H,11,13-14H2,1-10H3/b33-16+/t22-,24?,25-,28+/m0/s1. The van der Waals surface area contributed by atoms with Gasteiger partial charge >= 0.3 is 17.1 Å². The lowest BCUT2D eigenvalue weighted by Crippen LogP contribution is -2.66. The van der Waals surface area contributed by atoms with Crippen molar-refractivity contribution in [3.05, 3.63) is 12.7 Å². The van der Waals surface area contributed by atoms with E-state index >= 15 is 0 Å². The molecule has 4 heterocycles. The van der Waals surface area contributed by atoms with Gasteiger partial charge in [-0.15, -0.1) is 0 Å². The molecular weight excluding hydrogens is 571 g/mol. The second kappa shape index (κ2) is 13.2. The van der Waals surface area contributed by atoms with Gasteiger partial charge in [0.1, 0.15) is 24.6 Å². The Morgan fingerprint density at radius 1 is 1.07 bits per heavy atom. The van der Waals surface area contributed by atoms with Crippen LogP contribution in [0.25, 0.3) is 11.2 Å². The van der Waals surface area contributed by atoms with Gasteiger partial charge in [0.15, 0.2) is 23.2 Å². The van der Waals surface area contributed by atoms with Crippen LogP contribution in [0.4, 0.5) is 5.82 Å². The Hall–Kier alpha value is -2.26. The number of imidazole rings is 1. The summed E-state index contributed by atoms with van der Waals surface area (Å²) in [5.74, 6) is 0.460. The first-order chi connectivity index (χ1) is 19.9. The second-order valence-corrected chi connectivity index (χ2v) is 21.4. The van der Waals surface area contributed by atoms with Gasteiger partial charge in [-0.1, -0.05) is 55.4 Å². The van der Waals surface area contributed by atoms with Gasteiger partial charge in [-0.3, -0.25) is 4.57 Å². The highest BCUT2D eigenvalue weighted by Gasteiger charge is 2.62. The quantitative estimate of drug-likeness (QED) is 0.152. The van der Waals surface area contributed by atoms with Gasteiger partial charge in [0.25, 0.3) is 0 Å². The fourth-order valence-corrected chi connectivity index (χ4v) is 17.3. The molecule has 14 heteroatoms. The van der Waals surface area contributed by atoms with E-state index in [2.05, 4.69) is 81.4 Å². The van der Waals surface area contributed by atoms with Gasteiger partial charge in [-0.05, 0) is 22.2 Å². The van der Waals surface area contributed by atoms with Crippen molar-refractivity contribution in [3.8, 4) is 6.07 Å². The number of nitrogens with zero attached hydrogens (tertiary/aromatic N) is 7. The van der Waals surface area contributed by atoms with Gasteiger partial charge in [-0.25, -0.2) is 19.9 Å². The second-order valence-electron chi connectivity index (χ2n) is 12.6. The van der Waals surface area contributed by atoms with Crippen molar-refractivity contribution in [1.82, 2.24) is 24.4 Å². The van der Waals surface area contributed by atoms with E-state index in [-0.39, 0.29) is 35.2 Å². The number of hydrogen-bond donors (Lipinski definition) is 0. The third-order valence-electron chi connectivity index (χ3n) is 8.17. The molecule has 2 aromatic heterocycles. The van der Waals surface area contributed by atoms with Gasteiger partial charge < -0.3 is 27.3 Å². The number of aromatic nitrogens is 4.